The number of nitrogens with zero attached hydrogens (tertiary/aromatic N) is 2. The van der Waals surface area contributed by atoms with Crippen LogP contribution in [0, 0.1) is 30.6 Å². The Balaban J connectivity index is 1.27. The zero-order valence-electron chi connectivity index (χ0n) is 20.7. The van der Waals surface area contributed by atoms with Gasteiger partial charge in [0.05, 0.1) is 30.6 Å². The highest BCUT2D eigenvalue weighted by Crippen LogP contribution is 2.43. The minimum Gasteiger partial charge on any atom is -0.497 e. The number of anilines is 2. The summed E-state index contributed by atoms with van der Waals surface area (Å²) in [5.41, 5.74) is 1.88. The molecule has 1 saturated carbocycles. The van der Waals surface area contributed by atoms with Crippen LogP contribution in [0.25, 0.3) is 0 Å². The molecular weight excluding hydrogens is 460 g/mol. The fraction of sp³-hybridized carbons (Fsp3) is 0.429. The van der Waals surface area contributed by atoms with Crippen molar-refractivity contribution in [2.45, 2.75) is 39.5 Å². The van der Waals surface area contributed by atoms with Gasteiger partial charge in [-0.05, 0) is 68.0 Å². The fourth-order valence-corrected chi connectivity index (χ4v) is 5.66. The van der Waals surface area contributed by atoms with Crippen LogP contribution in [0.3, 0.4) is 0 Å². The minimum absolute atomic E-state index is 0.0606. The first-order valence-corrected chi connectivity index (χ1v) is 12.4. The third-order valence-electron chi connectivity index (χ3n) is 7.64. The molecule has 3 fully saturated rings. The van der Waals surface area contributed by atoms with Crippen molar-refractivity contribution in [2.75, 3.05) is 23.5 Å². The van der Waals surface area contributed by atoms with E-state index in [0.29, 0.717) is 34.4 Å². The van der Waals surface area contributed by atoms with Gasteiger partial charge in [0.25, 0.3) is 0 Å². The van der Waals surface area contributed by atoms with E-state index in [0.717, 1.165) is 19.3 Å². The standard InChI is InChI=1S/C28H30N2O6/c1-16-7-9-22-23(11-16)27(33)30(26(22)32)24-10-8-21(12-17(24)2)36-28(34)18-13-25(31)29(15-18)19-5-4-6-20(14-19)35-3/h4-6,8,10,12,14,16,18,22-23H,7,9,11,13,15H2,1-3H3/t16-,18+,22+,23+/m0/s1. The van der Waals surface area contributed by atoms with Crippen molar-refractivity contribution in [1.82, 2.24) is 0 Å². The number of methoxy groups -OCH3 is 1. The average Bonchev–Trinajstić information content (AvgIpc) is 3.37. The molecule has 2 heterocycles. The van der Waals surface area contributed by atoms with Gasteiger partial charge in [-0.1, -0.05) is 13.0 Å². The van der Waals surface area contributed by atoms with Crippen LogP contribution in [0.1, 0.15) is 38.2 Å². The molecule has 1 aliphatic carbocycles. The summed E-state index contributed by atoms with van der Waals surface area (Å²) in [5.74, 6) is -0.609. The van der Waals surface area contributed by atoms with Crippen LogP contribution in [-0.4, -0.2) is 37.3 Å². The van der Waals surface area contributed by atoms with Gasteiger partial charge in [-0.2, -0.15) is 0 Å². The molecule has 0 N–H and O–H groups in total. The van der Waals surface area contributed by atoms with Gasteiger partial charge in [-0.3, -0.25) is 19.2 Å². The lowest BCUT2D eigenvalue weighted by molar-refractivity contribution is -0.139. The summed E-state index contributed by atoms with van der Waals surface area (Å²) >= 11 is 0. The number of amides is 3. The lowest BCUT2D eigenvalue weighted by Gasteiger charge is -2.25. The van der Waals surface area contributed by atoms with Crippen molar-refractivity contribution in [1.29, 1.82) is 0 Å². The number of benzene rings is 2. The molecular formula is C28H30N2O6. The van der Waals surface area contributed by atoms with Crippen LogP contribution in [0.4, 0.5) is 11.4 Å². The van der Waals surface area contributed by atoms with E-state index in [2.05, 4.69) is 6.92 Å². The topological polar surface area (TPSA) is 93.2 Å². The van der Waals surface area contributed by atoms with Crippen LogP contribution in [0.5, 0.6) is 11.5 Å². The molecule has 0 radical (unpaired) electrons. The van der Waals surface area contributed by atoms with Gasteiger partial charge >= 0.3 is 5.97 Å². The van der Waals surface area contributed by atoms with Crippen LogP contribution >= 0.6 is 0 Å². The van der Waals surface area contributed by atoms with Crippen molar-refractivity contribution < 1.29 is 28.7 Å². The maximum absolute atomic E-state index is 13.1. The number of hydrogen-bond acceptors (Lipinski definition) is 6. The summed E-state index contributed by atoms with van der Waals surface area (Å²) in [7, 11) is 1.56. The first-order chi connectivity index (χ1) is 17.3. The first kappa shape index (κ1) is 24.0. The lowest BCUT2D eigenvalue weighted by Crippen LogP contribution is -2.31. The highest BCUT2D eigenvalue weighted by atomic mass is 16.5. The van der Waals surface area contributed by atoms with Crippen LogP contribution in [-0.2, 0) is 19.2 Å². The maximum Gasteiger partial charge on any atom is 0.316 e. The van der Waals surface area contributed by atoms with E-state index < -0.39 is 11.9 Å². The molecule has 8 nitrogen and oxygen atoms in total. The second-order valence-electron chi connectivity index (χ2n) is 10.1. The second-order valence-corrected chi connectivity index (χ2v) is 10.1. The molecule has 3 aliphatic rings. The largest absolute Gasteiger partial charge is 0.497 e. The fourth-order valence-electron chi connectivity index (χ4n) is 5.66. The maximum atomic E-state index is 13.1. The lowest BCUT2D eigenvalue weighted by atomic mass is 9.76. The molecule has 5 rings (SSSR count). The number of ether oxygens (including phenoxy) is 2. The number of carbonyl (C=O) groups is 4. The number of fused-ring (bicyclic) bond motifs is 1. The van der Waals surface area contributed by atoms with E-state index in [4.69, 9.17) is 9.47 Å². The summed E-state index contributed by atoms with van der Waals surface area (Å²) < 4.78 is 10.8. The Morgan fingerprint density at radius 1 is 0.972 bits per heavy atom. The molecule has 36 heavy (non-hydrogen) atoms. The molecule has 0 bridgehead atoms. The SMILES string of the molecule is COc1cccc(N2C[C@H](C(=O)Oc3ccc(N4C(=O)[C@@H]5CC[C@H](C)C[C@H]5C4=O)c(C)c3)CC2=O)c1. The van der Waals surface area contributed by atoms with Crippen molar-refractivity contribution in [3.05, 3.63) is 48.0 Å². The molecule has 3 amide bonds. The van der Waals surface area contributed by atoms with E-state index in [1.54, 1.807) is 61.4 Å². The highest BCUT2D eigenvalue weighted by Gasteiger charge is 2.50. The molecule has 188 valence electrons. The molecule has 2 aliphatic heterocycles. The first-order valence-electron chi connectivity index (χ1n) is 12.4. The Kier molecular flexibility index (Phi) is 6.28. The predicted molar refractivity (Wildman–Crippen MR) is 133 cm³/mol. The zero-order valence-corrected chi connectivity index (χ0v) is 20.7. The highest BCUT2D eigenvalue weighted by molar-refractivity contribution is 6.22. The average molecular weight is 491 g/mol. The van der Waals surface area contributed by atoms with Gasteiger partial charge in [0.2, 0.25) is 17.7 Å². The smallest absolute Gasteiger partial charge is 0.316 e. The Morgan fingerprint density at radius 2 is 1.75 bits per heavy atom. The number of aryl methyl sites for hydroxylation is 1. The molecule has 0 spiro atoms. The summed E-state index contributed by atoms with van der Waals surface area (Å²) in [4.78, 5) is 54.5. The summed E-state index contributed by atoms with van der Waals surface area (Å²) in [5, 5.41) is 0. The Hall–Kier alpha value is -3.68. The van der Waals surface area contributed by atoms with Crippen LogP contribution in [0.2, 0.25) is 0 Å². The number of esters is 1. The Labute approximate surface area is 210 Å². The predicted octanol–water partition coefficient (Wildman–Crippen LogP) is 3.89. The monoisotopic (exact) mass is 490 g/mol. The van der Waals surface area contributed by atoms with E-state index in [9.17, 15) is 19.2 Å². The molecule has 2 aromatic carbocycles. The summed E-state index contributed by atoms with van der Waals surface area (Å²) in [6.07, 6.45) is 2.51. The zero-order chi connectivity index (χ0) is 25.6. The van der Waals surface area contributed by atoms with Crippen molar-refractivity contribution >= 4 is 35.1 Å². The molecule has 0 aromatic heterocycles. The van der Waals surface area contributed by atoms with E-state index >= 15 is 0 Å². The van der Waals surface area contributed by atoms with Gasteiger partial charge in [0.1, 0.15) is 11.5 Å². The molecule has 2 aromatic rings. The van der Waals surface area contributed by atoms with E-state index in [-0.39, 0.29) is 42.5 Å². The summed E-state index contributed by atoms with van der Waals surface area (Å²) in [6, 6.07) is 12.1. The van der Waals surface area contributed by atoms with Crippen molar-refractivity contribution in [3.8, 4) is 11.5 Å². The van der Waals surface area contributed by atoms with Gasteiger partial charge in [-0.15, -0.1) is 0 Å². The number of rotatable bonds is 5. The van der Waals surface area contributed by atoms with Gasteiger partial charge < -0.3 is 14.4 Å². The molecule has 2 saturated heterocycles. The third kappa shape index (κ3) is 4.25. The van der Waals surface area contributed by atoms with E-state index in [1.165, 1.54) is 4.90 Å². The van der Waals surface area contributed by atoms with Crippen LogP contribution in [0.15, 0.2) is 42.5 Å². The second kappa shape index (κ2) is 9.41. The summed E-state index contributed by atoms with van der Waals surface area (Å²) in [6.45, 7) is 4.14. The quantitative estimate of drug-likeness (QED) is 0.359. The Morgan fingerprint density at radius 3 is 2.50 bits per heavy atom. The number of imide groups is 1. The van der Waals surface area contributed by atoms with E-state index in [1.807, 2.05) is 0 Å². The van der Waals surface area contributed by atoms with Gasteiger partial charge in [0, 0.05) is 24.7 Å². The molecule has 8 heteroatoms. The van der Waals surface area contributed by atoms with Gasteiger partial charge in [-0.25, -0.2) is 4.90 Å². The van der Waals surface area contributed by atoms with Crippen molar-refractivity contribution in [3.63, 3.8) is 0 Å². The normalized spacial score (nSPS) is 25.8. The van der Waals surface area contributed by atoms with Crippen molar-refractivity contribution in [2.24, 2.45) is 23.7 Å². The Bertz CT molecular complexity index is 1240. The molecule has 4 atom stereocenters. The third-order valence-corrected chi connectivity index (χ3v) is 7.64. The number of carbonyl (C=O) groups excluding carboxylic acids is 4. The molecule has 0 unspecified atom stereocenters. The van der Waals surface area contributed by atoms with Gasteiger partial charge in [0.15, 0.2) is 0 Å². The van der Waals surface area contributed by atoms with Crippen LogP contribution < -0.4 is 19.3 Å². The number of hydrogen-bond donors (Lipinski definition) is 0. The minimum atomic E-state index is -0.601.